The number of anilines is 1. The summed E-state index contributed by atoms with van der Waals surface area (Å²) in [5, 5.41) is 8.17. The van der Waals surface area contributed by atoms with Crippen LogP contribution in [0.15, 0.2) is 57.8 Å². The van der Waals surface area contributed by atoms with Gasteiger partial charge >= 0.3 is 0 Å². The van der Waals surface area contributed by atoms with E-state index in [0.29, 0.717) is 16.5 Å². The second kappa shape index (κ2) is 6.57. The van der Waals surface area contributed by atoms with Gasteiger partial charge in [0.05, 0.1) is 17.1 Å². The van der Waals surface area contributed by atoms with Crippen LogP contribution in [0.2, 0.25) is 0 Å². The van der Waals surface area contributed by atoms with Crippen molar-refractivity contribution in [3.63, 3.8) is 0 Å². The first-order valence-electron chi connectivity index (χ1n) is 7.56. The van der Waals surface area contributed by atoms with Crippen LogP contribution >= 0.6 is 15.9 Å². The zero-order chi connectivity index (χ0) is 17.3. The SMILES string of the molecule is CC(C)n1nc(C(=O)Nc2ccccc2Br)c2ccccc2c1=O. The molecule has 1 heterocycles. The molecule has 0 spiro atoms. The molecule has 0 atom stereocenters. The Labute approximate surface area is 147 Å². The average Bonchev–Trinajstić information content (AvgIpc) is 2.57. The summed E-state index contributed by atoms with van der Waals surface area (Å²) in [5.74, 6) is -0.354. The van der Waals surface area contributed by atoms with Gasteiger partial charge in [-0.1, -0.05) is 30.3 Å². The molecule has 122 valence electrons. The molecule has 1 N–H and O–H groups in total. The van der Waals surface area contributed by atoms with Gasteiger partial charge in [0.2, 0.25) is 0 Å². The summed E-state index contributed by atoms with van der Waals surface area (Å²) in [6, 6.07) is 14.2. The first kappa shape index (κ1) is 16.4. The third-order valence-corrected chi connectivity index (χ3v) is 4.35. The number of rotatable bonds is 3. The molecule has 0 fully saturated rings. The van der Waals surface area contributed by atoms with Gasteiger partial charge in [-0.25, -0.2) is 4.68 Å². The molecule has 0 unspecified atom stereocenters. The number of hydrogen-bond acceptors (Lipinski definition) is 3. The fraction of sp³-hybridized carbons (Fsp3) is 0.167. The number of aromatic nitrogens is 2. The van der Waals surface area contributed by atoms with E-state index in [-0.39, 0.29) is 23.2 Å². The van der Waals surface area contributed by atoms with Gasteiger partial charge < -0.3 is 5.32 Å². The van der Waals surface area contributed by atoms with E-state index < -0.39 is 0 Å². The summed E-state index contributed by atoms with van der Waals surface area (Å²) in [6.45, 7) is 3.72. The minimum absolute atomic E-state index is 0.142. The van der Waals surface area contributed by atoms with Crippen LogP contribution < -0.4 is 10.9 Å². The van der Waals surface area contributed by atoms with Crippen LogP contribution in [0.1, 0.15) is 30.4 Å². The van der Waals surface area contributed by atoms with E-state index in [9.17, 15) is 9.59 Å². The Bertz CT molecular complexity index is 979. The molecule has 3 rings (SSSR count). The Balaban J connectivity index is 2.15. The molecule has 0 saturated heterocycles. The number of carbonyl (C=O) groups excluding carboxylic acids is 1. The highest BCUT2D eigenvalue weighted by Gasteiger charge is 2.18. The van der Waals surface area contributed by atoms with E-state index in [1.165, 1.54) is 4.68 Å². The molecule has 0 saturated carbocycles. The molecule has 0 aliphatic rings. The smallest absolute Gasteiger partial charge is 0.276 e. The maximum absolute atomic E-state index is 12.8. The van der Waals surface area contributed by atoms with E-state index in [1.54, 1.807) is 30.3 Å². The first-order valence-corrected chi connectivity index (χ1v) is 8.36. The lowest BCUT2D eigenvalue weighted by Gasteiger charge is -2.13. The van der Waals surface area contributed by atoms with E-state index in [2.05, 4.69) is 26.3 Å². The largest absolute Gasteiger partial charge is 0.320 e. The monoisotopic (exact) mass is 385 g/mol. The predicted octanol–water partition coefficient (Wildman–Crippen LogP) is 3.99. The maximum atomic E-state index is 12.8. The molecule has 0 aliphatic carbocycles. The molecule has 5 nitrogen and oxygen atoms in total. The van der Waals surface area contributed by atoms with E-state index >= 15 is 0 Å². The molecular formula is C18H16BrN3O2. The van der Waals surface area contributed by atoms with Crippen LogP contribution in [0, 0.1) is 0 Å². The Morgan fingerprint density at radius 3 is 2.38 bits per heavy atom. The van der Waals surface area contributed by atoms with Crippen LogP contribution in [0.4, 0.5) is 5.69 Å². The van der Waals surface area contributed by atoms with Crippen molar-refractivity contribution in [2.75, 3.05) is 5.32 Å². The van der Waals surface area contributed by atoms with Crippen molar-refractivity contribution in [2.45, 2.75) is 19.9 Å². The maximum Gasteiger partial charge on any atom is 0.276 e. The summed E-state index contributed by atoms with van der Waals surface area (Å²) in [5.41, 5.74) is 0.684. The van der Waals surface area contributed by atoms with Gasteiger partial charge in [-0.3, -0.25) is 9.59 Å². The summed E-state index contributed by atoms with van der Waals surface area (Å²) in [6.07, 6.45) is 0. The molecule has 3 aromatic rings. The van der Waals surface area contributed by atoms with Gasteiger partial charge in [0, 0.05) is 9.86 Å². The molecule has 0 bridgehead atoms. The number of hydrogen-bond donors (Lipinski definition) is 1. The lowest BCUT2D eigenvalue weighted by Crippen LogP contribution is -2.29. The number of carbonyl (C=O) groups is 1. The Morgan fingerprint density at radius 1 is 1.08 bits per heavy atom. The van der Waals surface area contributed by atoms with Crippen LogP contribution in [-0.2, 0) is 0 Å². The molecule has 1 aromatic heterocycles. The number of halogens is 1. The number of benzene rings is 2. The molecule has 6 heteroatoms. The topological polar surface area (TPSA) is 64.0 Å². The summed E-state index contributed by atoms with van der Waals surface area (Å²) < 4.78 is 2.12. The van der Waals surface area contributed by atoms with Crippen molar-refractivity contribution >= 4 is 38.3 Å². The van der Waals surface area contributed by atoms with Gasteiger partial charge in [-0.15, -0.1) is 0 Å². The van der Waals surface area contributed by atoms with Gasteiger partial charge in [-0.2, -0.15) is 5.10 Å². The zero-order valence-electron chi connectivity index (χ0n) is 13.3. The van der Waals surface area contributed by atoms with Crippen LogP contribution in [0.25, 0.3) is 10.8 Å². The van der Waals surface area contributed by atoms with Crippen molar-refractivity contribution in [1.29, 1.82) is 0 Å². The molecule has 0 aliphatic heterocycles. The third-order valence-electron chi connectivity index (χ3n) is 3.65. The summed E-state index contributed by atoms with van der Waals surface area (Å²) in [4.78, 5) is 25.3. The molecule has 24 heavy (non-hydrogen) atoms. The van der Waals surface area contributed by atoms with E-state index in [1.807, 2.05) is 32.0 Å². The molecular weight excluding hydrogens is 370 g/mol. The van der Waals surface area contributed by atoms with Gasteiger partial charge in [0.25, 0.3) is 11.5 Å². The van der Waals surface area contributed by atoms with Crippen LogP contribution in [0.3, 0.4) is 0 Å². The minimum atomic E-state index is -0.354. The molecule has 0 radical (unpaired) electrons. The quantitative estimate of drug-likeness (QED) is 0.740. The van der Waals surface area contributed by atoms with Crippen molar-refractivity contribution in [1.82, 2.24) is 9.78 Å². The highest BCUT2D eigenvalue weighted by atomic mass is 79.9. The van der Waals surface area contributed by atoms with Crippen molar-refractivity contribution in [3.8, 4) is 0 Å². The van der Waals surface area contributed by atoms with Gasteiger partial charge in [0.15, 0.2) is 5.69 Å². The number of amides is 1. The Morgan fingerprint density at radius 2 is 1.71 bits per heavy atom. The second-order valence-corrected chi connectivity index (χ2v) is 6.53. The zero-order valence-corrected chi connectivity index (χ0v) is 14.9. The Hall–Kier alpha value is -2.47. The van der Waals surface area contributed by atoms with Crippen molar-refractivity contribution in [3.05, 3.63) is 69.1 Å². The molecule has 2 aromatic carbocycles. The third kappa shape index (κ3) is 2.97. The number of para-hydroxylation sites is 1. The van der Waals surface area contributed by atoms with Crippen LogP contribution in [-0.4, -0.2) is 15.7 Å². The first-order chi connectivity index (χ1) is 11.5. The number of nitrogens with one attached hydrogen (secondary N) is 1. The van der Waals surface area contributed by atoms with Gasteiger partial charge in [0.1, 0.15) is 0 Å². The lowest BCUT2D eigenvalue weighted by molar-refractivity contribution is 0.102. The van der Waals surface area contributed by atoms with E-state index in [4.69, 9.17) is 0 Å². The number of nitrogens with zero attached hydrogens (tertiary/aromatic N) is 2. The fourth-order valence-corrected chi connectivity index (χ4v) is 2.85. The van der Waals surface area contributed by atoms with Crippen LogP contribution in [0.5, 0.6) is 0 Å². The van der Waals surface area contributed by atoms with E-state index in [0.717, 1.165) is 4.47 Å². The summed E-state index contributed by atoms with van der Waals surface area (Å²) in [7, 11) is 0. The van der Waals surface area contributed by atoms with Gasteiger partial charge in [-0.05, 0) is 48.0 Å². The highest BCUT2D eigenvalue weighted by Crippen LogP contribution is 2.23. The average molecular weight is 386 g/mol. The highest BCUT2D eigenvalue weighted by molar-refractivity contribution is 9.10. The van der Waals surface area contributed by atoms with Crippen molar-refractivity contribution in [2.24, 2.45) is 0 Å². The standard InChI is InChI=1S/C18H16BrN3O2/c1-11(2)22-18(24)13-8-4-3-7-12(13)16(21-22)17(23)20-15-10-6-5-9-14(15)19/h3-11H,1-2H3,(H,20,23). The predicted molar refractivity (Wildman–Crippen MR) is 98.5 cm³/mol. The fourth-order valence-electron chi connectivity index (χ4n) is 2.47. The molecule has 1 amide bonds. The lowest BCUT2D eigenvalue weighted by atomic mass is 10.1. The second-order valence-electron chi connectivity index (χ2n) is 5.67. The number of fused-ring (bicyclic) bond motifs is 1. The normalized spacial score (nSPS) is 11.0. The van der Waals surface area contributed by atoms with Crippen molar-refractivity contribution < 1.29 is 4.79 Å². The Kier molecular flexibility index (Phi) is 4.49. The summed E-state index contributed by atoms with van der Waals surface area (Å²) >= 11 is 3.41. The minimum Gasteiger partial charge on any atom is -0.320 e.